The van der Waals surface area contributed by atoms with Crippen LogP contribution in [0.2, 0.25) is 0 Å². The first kappa shape index (κ1) is 43.1. The van der Waals surface area contributed by atoms with Gasteiger partial charge in [0, 0.05) is 37.0 Å². The molecule has 1 radical (unpaired) electrons. The van der Waals surface area contributed by atoms with Crippen LogP contribution in [0.5, 0.6) is 0 Å². The first-order chi connectivity index (χ1) is 24.2. The third-order valence-corrected chi connectivity index (χ3v) is 15.1. The van der Waals surface area contributed by atoms with Crippen LogP contribution in [-0.4, -0.2) is 35.4 Å². The number of fused-ring (bicyclic) bond motifs is 5. The largest absolute Gasteiger partial charge is 0.512 e. The van der Waals surface area contributed by atoms with Gasteiger partial charge in [0.15, 0.2) is 5.78 Å². The Hall–Kier alpha value is -2.62. The Bertz CT molecular complexity index is 2140. The quantitative estimate of drug-likeness (QED) is 0.0728. The number of hydrogen-bond donors (Lipinski definition) is 1. The van der Waals surface area contributed by atoms with E-state index in [1.54, 1.807) is 6.33 Å². The average molecular weight is 957 g/mol. The van der Waals surface area contributed by atoms with Gasteiger partial charge in [-0.25, -0.2) is 0 Å². The molecule has 2 heterocycles. The van der Waals surface area contributed by atoms with Crippen LogP contribution in [-0.2, 0) is 41.1 Å². The number of carbonyl (C=O) groups excluding carboxylic acids is 1. The Kier molecular flexibility index (Phi) is 12.9. The Labute approximate surface area is 338 Å². The van der Waals surface area contributed by atoms with Crippen molar-refractivity contribution >= 4 is 50.5 Å². The van der Waals surface area contributed by atoms with Gasteiger partial charge in [0.1, 0.15) is 5.76 Å². The van der Waals surface area contributed by atoms with Crippen molar-refractivity contribution in [3.05, 3.63) is 83.4 Å². The summed E-state index contributed by atoms with van der Waals surface area (Å²) in [5.74, 6) is 0.286. The van der Waals surface area contributed by atoms with Gasteiger partial charge in [0.2, 0.25) is 0 Å². The van der Waals surface area contributed by atoms with Crippen molar-refractivity contribution in [2.24, 2.45) is 10.8 Å². The van der Waals surface area contributed by atoms with Crippen LogP contribution in [0.1, 0.15) is 145 Å². The van der Waals surface area contributed by atoms with Crippen molar-refractivity contribution in [3.63, 3.8) is 0 Å². The summed E-state index contributed by atoms with van der Waals surface area (Å²) in [6.07, 6.45) is 8.97. The summed E-state index contributed by atoms with van der Waals surface area (Å²) in [7, 11) is 0. The maximum Gasteiger partial charge on any atom is 0.164 e. The molecule has 53 heavy (non-hydrogen) atoms. The number of hydrogen-bond acceptors (Lipinski definition) is 4. The zero-order valence-corrected chi connectivity index (χ0v) is 38.5. The summed E-state index contributed by atoms with van der Waals surface area (Å²) in [5.41, 5.74) is 7.49. The molecule has 0 saturated carbocycles. The van der Waals surface area contributed by atoms with Crippen molar-refractivity contribution in [2.45, 2.75) is 145 Å². The Morgan fingerprint density at radius 2 is 1.40 bits per heavy atom. The van der Waals surface area contributed by atoms with E-state index in [0.29, 0.717) is 0 Å². The van der Waals surface area contributed by atoms with Gasteiger partial charge in [-0.15, -0.1) is 0 Å². The standard InChI is InChI=1S/C32H33N2Se.C15H28O2.Ir/c1-30(2,3)23-15-20(14-19-10-8-9-11-21(19)23)27-29-28(34-18-33-27)22-16-24-25(17-26(22)35-29)32(6,7)13-12-31(24,4)5;1-7-14(5,8-2)12(16)11-13(17)15(6,9-3)10-4;/h8-11,15-18H,12-13H2,1-7H3;11,16H,7-10H2,1-6H3;/q-1;;/b;12-11-;. The van der Waals surface area contributed by atoms with E-state index in [4.69, 9.17) is 9.97 Å². The molecule has 0 amide bonds. The molecule has 287 valence electrons. The number of carbonyl (C=O) groups is 1. The fourth-order valence-corrected chi connectivity index (χ4v) is 9.97. The molecule has 6 rings (SSSR count). The fourth-order valence-electron chi connectivity index (χ4n) is 7.49. The molecular weight excluding hydrogens is 896 g/mol. The predicted octanol–water partition coefficient (Wildman–Crippen LogP) is 12.8. The minimum absolute atomic E-state index is 0. The molecule has 1 aliphatic rings. The number of benzene rings is 3. The third-order valence-electron chi connectivity index (χ3n) is 12.7. The van der Waals surface area contributed by atoms with Gasteiger partial charge in [-0.3, -0.25) is 4.79 Å². The summed E-state index contributed by atoms with van der Waals surface area (Å²) < 4.78 is 2.76. The topological polar surface area (TPSA) is 63.1 Å². The predicted molar refractivity (Wildman–Crippen MR) is 223 cm³/mol. The number of ketones is 1. The van der Waals surface area contributed by atoms with Crippen LogP contribution in [0.4, 0.5) is 0 Å². The summed E-state index contributed by atoms with van der Waals surface area (Å²) in [5, 5.41) is 13.9. The van der Waals surface area contributed by atoms with E-state index in [9.17, 15) is 9.90 Å². The van der Waals surface area contributed by atoms with E-state index in [0.717, 1.165) is 47.8 Å². The summed E-state index contributed by atoms with van der Waals surface area (Å²) >= 11 is 0.176. The maximum atomic E-state index is 12.2. The number of rotatable bonds is 8. The minimum Gasteiger partial charge on any atom is -0.512 e. The molecule has 0 bridgehead atoms. The third kappa shape index (κ3) is 8.33. The molecule has 2 aromatic heterocycles. The van der Waals surface area contributed by atoms with Crippen molar-refractivity contribution in [1.82, 2.24) is 9.97 Å². The molecule has 1 aliphatic carbocycles. The molecule has 0 atom stereocenters. The smallest absolute Gasteiger partial charge is 0.164 e. The van der Waals surface area contributed by atoms with Crippen LogP contribution in [0.3, 0.4) is 0 Å². The van der Waals surface area contributed by atoms with Crippen molar-refractivity contribution < 1.29 is 30.0 Å². The van der Waals surface area contributed by atoms with Crippen LogP contribution in [0.15, 0.2) is 60.6 Å². The van der Waals surface area contributed by atoms with E-state index in [1.165, 1.54) is 54.9 Å². The van der Waals surface area contributed by atoms with E-state index >= 15 is 0 Å². The zero-order valence-electron chi connectivity index (χ0n) is 34.4. The molecule has 4 nitrogen and oxygen atoms in total. The van der Waals surface area contributed by atoms with Crippen molar-refractivity contribution in [3.8, 4) is 11.3 Å². The molecule has 5 aromatic rings. The van der Waals surface area contributed by atoms with E-state index in [2.05, 4.69) is 97.0 Å². The van der Waals surface area contributed by atoms with Gasteiger partial charge < -0.3 is 5.11 Å². The van der Waals surface area contributed by atoms with Crippen LogP contribution < -0.4 is 0 Å². The molecular formula is C47H61IrN2O2Se-. The number of allylic oxidation sites excluding steroid dienone is 2. The Morgan fingerprint density at radius 3 is 1.96 bits per heavy atom. The Balaban J connectivity index is 0.000000299. The van der Waals surface area contributed by atoms with E-state index < -0.39 is 0 Å². The monoisotopic (exact) mass is 958 g/mol. The Morgan fingerprint density at radius 1 is 0.830 bits per heavy atom. The second-order valence-electron chi connectivity index (χ2n) is 18.0. The normalized spacial score (nSPS) is 15.8. The second-order valence-corrected chi connectivity index (χ2v) is 20.2. The summed E-state index contributed by atoms with van der Waals surface area (Å²) in [4.78, 5) is 21.9. The zero-order chi connectivity index (χ0) is 38.4. The van der Waals surface area contributed by atoms with Crippen LogP contribution in [0.25, 0.3) is 41.5 Å². The molecule has 1 N–H and O–H groups in total. The van der Waals surface area contributed by atoms with Gasteiger partial charge in [0.25, 0.3) is 0 Å². The van der Waals surface area contributed by atoms with Crippen LogP contribution >= 0.6 is 0 Å². The summed E-state index contributed by atoms with van der Waals surface area (Å²) in [6.45, 7) is 28.6. The fraction of sp³-hybridized carbons (Fsp3) is 0.511. The number of aromatic nitrogens is 2. The van der Waals surface area contributed by atoms with Crippen LogP contribution in [0, 0.1) is 16.9 Å². The molecule has 3 aromatic carbocycles. The van der Waals surface area contributed by atoms with Gasteiger partial charge >= 0.3 is 215 Å². The second kappa shape index (κ2) is 15.9. The molecule has 0 spiro atoms. The number of aliphatic hydroxyl groups excluding tert-OH is 1. The van der Waals surface area contributed by atoms with Crippen molar-refractivity contribution in [1.29, 1.82) is 0 Å². The van der Waals surface area contributed by atoms with Gasteiger partial charge in [-0.2, -0.15) is 0 Å². The SMILES string of the molecule is CC(C)(C)c1cc(-c2ncnc3c2[se]c2cc4c(cc23)C(C)(C)CCC4(C)C)[c-]c2ccccc12.CCC(C)(CC)C(=O)/C=C(\O)C(C)(CC)CC.[Ir]. The van der Waals surface area contributed by atoms with Gasteiger partial charge in [0.05, 0.1) is 0 Å². The maximum absolute atomic E-state index is 12.2. The number of nitrogens with zero attached hydrogens (tertiary/aromatic N) is 2. The number of aliphatic hydroxyl groups is 1. The molecule has 0 fully saturated rings. The van der Waals surface area contributed by atoms with Crippen molar-refractivity contribution in [2.75, 3.05) is 0 Å². The average Bonchev–Trinajstić information content (AvgIpc) is 3.49. The molecule has 0 unspecified atom stereocenters. The molecule has 6 heteroatoms. The van der Waals surface area contributed by atoms with E-state index in [-0.39, 0.29) is 73.2 Å². The van der Waals surface area contributed by atoms with Gasteiger partial charge in [-0.1, -0.05) is 41.5 Å². The summed E-state index contributed by atoms with van der Waals surface area (Å²) in [6, 6.07) is 19.6. The van der Waals surface area contributed by atoms with Gasteiger partial charge in [-0.05, 0) is 25.7 Å². The molecule has 0 aliphatic heterocycles. The first-order valence-electron chi connectivity index (χ1n) is 19.4. The first-order valence-corrected chi connectivity index (χ1v) is 21.1. The molecule has 0 saturated heterocycles. The van der Waals surface area contributed by atoms with E-state index in [1.807, 2.05) is 41.5 Å². The minimum atomic E-state index is -0.337.